The Bertz CT molecular complexity index is 320. The van der Waals surface area contributed by atoms with Gasteiger partial charge < -0.3 is 15.4 Å². The molecule has 4 heteroatoms. The molecule has 1 saturated heterocycles. The molecule has 17 heavy (non-hydrogen) atoms. The van der Waals surface area contributed by atoms with E-state index in [0.29, 0.717) is 0 Å². The standard InChI is InChI=1S/C13H21N3O/c1-17-12-2-3-13(16-10-12)15-9-6-11-4-7-14-8-5-11/h2-3,10-11,14H,4-9H2,1H3,(H,15,16). The maximum Gasteiger partial charge on any atom is 0.137 e. The summed E-state index contributed by atoms with van der Waals surface area (Å²) in [6.45, 7) is 3.35. The van der Waals surface area contributed by atoms with E-state index >= 15 is 0 Å². The van der Waals surface area contributed by atoms with E-state index in [1.165, 1.54) is 32.4 Å². The highest BCUT2D eigenvalue weighted by Gasteiger charge is 2.11. The van der Waals surface area contributed by atoms with Gasteiger partial charge >= 0.3 is 0 Å². The van der Waals surface area contributed by atoms with Crippen molar-refractivity contribution in [2.45, 2.75) is 19.3 Å². The van der Waals surface area contributed by atoms with Gasteiger partial charge in [0.2, 0.25) is 0 Å². The number of aromatic nitrogens is 1. The first-order chi connectivity index (χ1) is 8.38. The van der Waals surface area contributed by atoms with Crippen molar-refractivity contribution in [1.29, 1.82) is 0 Å². The van der Waals surface area contributed by atoms with Crippen molar-refractivity contribution >= 4 is 5.82 Å². The predicted octanol–water partition coefficient (Wildman–Crippen LogP) is 1.89. The number of rotatable bonds is 5. The van der Waals surface area contributed by atoms with E-state index in [1.807, 2.05) is 12.1 Å². The van der Waals surface area contributed by atoms with Gasteiger partial charge in [-0.3, -0.25) is 0 Å². The Morgan fingerprint density at radius 3 is 2.88 bits per heavy atom. The summed E-state index contributed by atoms with van der Waals surface area (Å²) in [5.41, 5.74) is 0. The average molecular weight is 235 g/mol. The molecule has 0 aromatic carbocycles. The molecule has 1 aromatic rings. The quantitative estimate of drug-likeness (QED) is 0.818. The first-order valence-electron chi connectivity index (χ1n) is 6.33. The molecule has 0 radical (unpaired) electrons. The Morgan fingerprint density at radius 1 is 1.41 bits per heavy atom. The zero-order valence-corrected chi connectivity index (χ0v) is 10.4. The molecule has 1 aliphatic heterocycles. The number of nitrogens with zero attached hydrogens (tertiary/aromatic N) is 1. The van der Waals surface area contributed by atoms with Gasteiger partial charge in [0.15, 0.2) is 0 Å². The monoisotopic (exact) mass is 235 g/mol. The molecule has 0 atom stereocenters. The van der Waals surface area contributed by atoms with Crippen LogP contribution in [0.15, 0.2) is 18.3 Å². The lowest BCUT2D eigenvalue weighted by molar-refractivity contribution is 0.361. The Kier molecular flexibility index (Phi) is 4.62. The molecular formula is C13H21N3O. The first-order valence-corrected chi connectivity index (χ1v) is 6.33. The fourth-order valence-corrected chi connectivity index (χ4v) is 2.18. The van der Waals surface area contributed by atoms with Crippen LogP contribution in [-0.2, 0) is 0 Å². The fraction of sp³-hybridized carbons (Fsp3) is 0.615. The number of nitrogens with one attached hydrogen (secondary N) is 2. The molecule has 0 unspecified atom stereocenters. The van der Waals surface area contributed by atoms with Crippen LogP contribution in [0.2, 0.25) is 0 Å². The lowest BCUT2D eigenvalue weighted by atomic mass is 9.95. The summed E-state index contributed by atoms with van der Waals surface area (Å²) >= 11 is 0. The van der Waals surface area contributed by atoms with E-state index in [-0.39, 0.29) is 0 Å². The number of anilines is 1. The van der Waals surface area contributed by atoms with Crippen molar-refractivity contribution in [2.24, 2.45) is 5.92 Å². The molecule has 0 bridgehead atoms. The third-order valence-electron chi connectivity index (χ3n) is 3.29. The third-order valence-corrected chi connectivity index (χ3v) is 3.29. The lowest BCUT2D eigenvalue weighted by Gasteiger charge is -2.22. The van der Waals surface area contributed by atoms with E-state index in [9.17, 15) is 0 Å². The highest BCUT2D eigenvalue weighted by molar-refractivity contribution is 5.37. The molecule has 94 valence electrons. The topological polar surface area (TPSA) is 46.2 Å². The van der Waals surface area contributed by atoms with Crippen LogP contribution in [-0.4, -0.2) is 31.7 Å². The number of hydrogen-bond donors (Lipinski definition) is 2. The van der Waals surface area contributed by atoms with Gasteiger partial charge in [0.1, 0.15) is 11.6 Å². The molecule has 4 nitrogen and oxygen atoms in total. The van der Waals surface area contributed by atoms with Gasteiger partial charge in [-0.2, -0.15) is 0 Å². The summed E-state index contributed by atoms with van der Waals surface area (Å²) in [6.07, 6.45) is 5.58. The molecule has 2 heterocycles. The number of ether oxygens (including phenoxy) is 1. The Hall–Kier alpha value is -1.29. The number of hydrogen-bond acceptors (Lipinski definition) is 4. The van der Waals surface area contributed by atoms with Gasteiger partial charge in [-0.1, -0.05) is 0 Å². The van der Waals surface area contributed by atoms with E-state index in [4.69, 9.17) is 4.74 Å². The molecular weight excluding hydrogens is 214 g/mol. The Labute approximate surface area is 103 Å². The smallest absolute Gasteiger partial charge is 0.137 e. The first kappa shape index (κ1) is 12.2. The number of pyridine rings is 1. The van der Waals surface area contributed by atoms with E-state index in [0.717, 1.165) is 24.0 Å². The molecule has 0 amide bonds. The minimum Gasteiger partial charge on any atom is -0.495 e. The summed E-state index contributed by atoms with van der Waals surface area (Å²) in [6, 6.07) is 3.89. The van der Waals surface area contributed by atoms with Gasteiger partial charge in [0.25, 0.3) is 0 Å². The maximum absolute atomic E-state index is 5.07. The van der Waals surface area contributed by atoms with E-state index in [2.05, 4.69) is 15.6 Å². The van der Waals surface area contributed by atoms with Gasteiger partial charge in [-0.15, -0.1) is 0 Å². The lowest BCUT2D eigenvalue weighted by Crippen LogP contribution is -2.28. The zero-order valence-electron chi connectivity index (χ0n) is 10.4. The minimum atomic E-state index is 0.800. The van der Waals surface area contributed by atoms with Crippen LogP contribution >= 0.6 is 0 Å². The number of piperidine rings is 1. The fourth-order valence-electron chi connectivity index (χ4n) is 2.18. The summed E-state index contributed by atoms with van der Waals surface area (Å²) in [4.78, 5) is 4.28. The second kappa shape index (κ2) is 6.45. The van der Waals surface area contributed by atoms with Gasteiger partial charge in [0.05, 0.1) is 13.3 Å². The molecule has 0 saturated carbocycles. The van der Waals surface area contributed by atoms with Crippen LogP contribution in [0.5, 0.6) is 5.75 Å². The number of methoxy groups -OCH3 is 1. The van der Waals surface area contributed by atoms with E-state index < -0.39 is 0 Å². The van der Waals surface area contributed by atoms with Crippen molar-refractivity contribution < 1.29 is 4.74 Å². The predicted molar refractivity (Wildman–Crippen MR) is 69.5 cm³/mol. The second-order valence-electron chi connectivity index (χ2n) is 4.49. The van der Waals surface area contributed by atoms with E-state index in [1.54, 1.807) is 13.3 Å². The van der Waals surface area contributed by atoms with Crippen LogP contribution in [0.25, 0.3) is 0 Å². The van der Waals surface area contributed by atoms with Crippen molar-refractivity contribution in [2.75, 3.05) is 32.1 Å². The highest BCUT2D eigenvalue weighted by Crippen LogP contribution is 2.16. The molecule has 0 aliphatic carbocycles. The normalized spacial score (nSPS) is 16.8. The molecule has 2 N–H and O–H groups in total. The Balaban J connectivity index is 1.69. The van der Waals surface area contributed by atoms with Crippen LogP contribution < -0.4 is 15.4 Å². The van der Waals surface area contributed by atoms with Crippen LogP contribution in [0.4, 0.5) is 5.82 Å². The summed E-state index contributed by atoms with van der Waals surface area (Å²) in [5, 5.41) is 6.75. The Morgan fingerprint density at radius 2 is 2.24 bits per heavy atom. The van der Waals surface area contributed by atoms with Crippen LogP contribution in [0.1, 0.15) is 19.3 Å². The van der Waals surface area contributed by atoms with Crippen molar-refractivity contribution in [3.63, 3.8) is 0 Å². The molecule has 1 fully saturated rings. The van der Waals surface area contributed by atoms with Crippen molar-refractivity contribution in [3.8, 4) is 5.75 Å². The second-order valence-corrected chi connectivity index (χ2v) is 4.49. The molecule has 0 spiro atoms. The van der Waals surface area contributed by atoms with Crippen LogP contribution in [0, 0.1) is 5.92 Å². The third kappa shape index (κ3) is 3.89. The molecule has 1 aliphatic rings. The van der Waals surface area contributed by atoms with Crippen molar-refractivity contribution in [1.82, 2.24) is 10.3 Å². The summed E-state index contributed by atoms with van der Waals surface area (Å²) < 4.78 is 5.07. The summed E-state index contributed by atoms with van der Waals surface area (Å²) in [7, 11) is 1.65. The van der Waals surface area contributed by atoms with Gasteiger partial charge in [-0.25, -0.2) is 4.98 Å². The largest absolute Gasteiger partial charge is 0.495 e. The SMILES string of the molecule is COc1ccc(NCCC2CCNCC2)nc1. The van der Waals surface area contributed by atoms with Crippen LogP contribution in [0.3, 0.4) is 0 Å². The van der Waals surface area contributed by atoms with Crippen molar-refractivity contribution in [3.05, 3.63) is 18.3 Å². The zero-order chi connectivity index (χ0) is 11.9. The average Bonchev–Trinajstić information content (AvgIpc) is 2.41. The van der Waals surface area contributed by atoms with Gasteiger partial charge in [0, 0.05) is 6.54 Å². The molecule has 2 rings (SSSR count). The summed E-state index contributed by atoms with van der Waals surface area (Å²) in [5.74, 6) is 2.59. The minimum absolute atomic E-state index is 0.800. The maximum atomic E-state index is 5.07. The molecule has 1 aromatic heterocycles. The highest BCUT2D eigenvalue weighted by atomic mass is 16.5. The van der Waals surface area contributed by atoms with Gasteiger partial charge in [-0.05, 0) is 50.4 Å².